The molecular formula is C15H10Cl2NO4-. The first-order valence-corrected chi connectivity index (χ1v) is 6.90. The lowest BCUT2D eigenvalue weighted by Crippen LogP contribution is -2.28. The number of rotatable bonds is 5. The van der Waals surface area contributed by atoms with Gasteiger partial charge in [-0.25, -0.2) is 0 Å². The number of carbonyl (C=O) groups excluding carboxylic acids is 2. The Kier molecular flexibility index (Phi) is 5.25. The number of halogens is 2. The molecule has 0 radical (unpaired) electrons. The maximum absolute atomic E-state index is 12.1. The molecular weight excluding hydrogens is 329 g/mol. The molecule has 1 amide bonds. The summed E-state index contributed by atoms with van der Waals surface area (Å²) in [4.78, 5) is 22.4. The number of ether oxygens (including phenoxy) is 1. The van der Waals surface area contributed by atoms with Crippen LogP contribution in [0.2, 0.25) is 10.0 Å². The number of carboxylic acid groups (broad SMARTS) is 1. The number of hydrogen-bond donors (Lipinski definition) is 1. The average molecular weight is 339 g/mol. The summed E-state index contributed by atoms with van der Waals surface area (Å²) in [5.41, 5.74) is 0.758. The summed E-state index contributed by atoms with van der Waals surface area (Å²) in [5, 5.41) is 13.7. The Morgan fingerprint density at radius 1 is 1.09 bits per heavy atom. The largest absolute Gasteiger partial charge is 0.546 e. The third kappa shape index (κ3) is 4.38. The minimum Gasteiger partial charge on any atom is -0.546 e. The van der Waals surface area contributed by atoms with Crippen molar-refractivity contribution < 1.29 is 19.4 Å². The maximum atomic E-state index is 12.1. The molecule has 0 bridgehead atoms. The van der Waals surface area contributed by atoms with Crippen molar-refractivity contribution in [2.24, 2.45) is 0 Å². The van der Waals surface area contributed by atoms with E-state index in [9.17, 15) is 14.7 Å². The smallest absolute Gasteiger partial charge is 0.255 e. The predicted octanol–water partition coefficient (Wildman–Crippen LogP) is 2.37. The van der Waals surface area contributed by atoms with Crippen LogP contribution in [-0.4, -0.2) is 18.5 Å². The quantitative estimate of drug-likeness (QED) is 0.907. The molecule has 0 heterocycles. The summed E-state index contributed by atoms with van der Waals surface area (Å²) in [6, 6.07) is 10.7. The standard InChI is InChI=1S/C15H11Cl2NO4/c16-10-3-6-12(17)13(7-10)18-15(21)9-1-4-11(5-2-9)22-8-14(19)20/h1-7H,8H2,(H,18,21)(H,19,20)/p-1. The number of amides is 1. The molecule has 7 heteroatoms. The van der Waals surface area contributed by atoms with E-state index in [1.54, 1.807) is 18.2 Å². The Morgan fingerprint density at radius 3 is 2.41 bits per heavy atom. The second-order valence-electron chi connectivity index (χ2n) is 4.26. The van der Waals surface area contributed by atoms with Crippen LogP contribution in [0.15, 0.2) is 42.5 Å². The Morgan fingerprint density at radius 2 is 1.77 bits per heavy atom. The van der Waals surface area contributed by atoms with Gasteiger partial charge in [0.2, 0.25) is 0 Å². The van der Waals surface area contributed by atoms with Crippen molar-refractivity contribution in [1.29, 1.82) is 0 Å². The van der Waals surface area contributed by atoms with E-state index in [0.29, 0.717) is 27.0 Å². The maximum Gasteiger partial charge on any atom is 0.255 e. The molecule has 114 valence electrons. The first-order chi connectivity index (χ1) is 10.5. The van der Waals surface area contributed by atoms with E-state index in [-0.39, 0.29) is 5.91 Å². The van der Waals surface area contributed by atoms with Crippen LogP contribution in [0.3, 0.4) is 0 Å². The van der Waals surface area contributed by atoms with Gasteiger partial charge in [0.25, 0.3) is 5.91 Å². The van der Waals surface area contributed by atoms with E-state index in [1.165, 1.54) is 24.3 Å². The third-order valence-electron chi connectivity index (χ3n) is 2.65. The molecule has 2 rings (SSSR count). The van der Waals surface area contributed by atoms with E-state index in [1.807, 2.05) is 0 Å². The third-order valence-corrected chi connectivity index (χ3v) is 3.21. The van der Waals surface area contributed by atoms with E-state index < -0.39 is 12.6 Å². The zero-order chi connectivity index (χ0) is 16.1. The molecule has 22 heavy (non-hydrogen) atoms. The molecule has 0 spiro atoms. The summed E-state index contributed by atoms with van der Waals surface area (Å²) in [5.74, 6) is -1.38. The minimum absolute atomic E-state index is 0.321. The van der Waals surface area contributed by atoms with Gasteiger partial charge >= 0.3 is 0 Å². The normalized spacial score (nSPS) is 10.1. The lowest BCUT2D eigenvalue weighted by Gasteiger charge is -2.09. The van der Waals surface area contributed by atoms with Crippen molar-refractivity contribution in [3.63, 3.8) is 0 Å². The number of carbonyl (C=O) groups is 2. The van der Waals surface area contributed by atoms with Gasteiger partial charge in [0.1, 0.15) is 12.4 Å². The van der Waals surface area contributed by atoms with Crippen molar-refractivity contribution in [2.75, 3.05) is 11.9 Å². The molecule has 0 saturated heterocycles. The molecule has 0 aromatic heterocycles. The summed E-state index contributed by atoms with van der Waals surface area (Å²) in [6.07, 6.45) is 0. The first kappa shape index (κ1) is 16.1. The van der Waals surface area contributed by atoms with Gasteiger partial charge in [-0.1, -0.05) is 23.2 Å². The summed E-state index contributed by atoms with van der Waals surface area (Å²) >= 11 is 11.8. The lowest BCUT2D eigenvalue weighted by atomic mass is 10.2. The molecule has 2 aromatic rings. The van der Waals surface area contributed by atoms with Crippen LogP contribution < -0.4 is 15.2 Å². The zero-order valence-corrected chi connectivity index (χ0v) is 12.6. The highest BCUT2D eigenvalue weighted by Crippen LogP contribution is 2.26. The molecule has 2 aromatic carbocycles. The van der Waals surface area contributed by atoms with Crippen LogP contribution in [0.4, 0.5) is 5.69 Å². The molecule has 0 unspecified atom stereocenters. The van der Waals surface area contributed by atoms with Crippen LogP contribution in [0.25, 0.3) is 0 Å². The number of carboxylic acids is 1. The number of aliphatic carboxylic acids is 1. The van der Waals surface area contributed by atoms with Crippen LogP contribution >= 0.6 is 23.2 Å². The lowest BCUT2D eigenvalue weighted by molar-refractivity contribution is -0.307. The molecule has 5 nitrogen and oxygen atoms in total. The van der Waals surface area contributed by atoms with Gasteiger partial charge < -0.3 is 20.0 Å². The first-order valence-electron chi connectivity index (χ1n) is 6.15. The molecule has 0 aliphatic carbocycles. The summed E-state index contributed by atoms with van der Waals surface area (Å²) in [7, 11) is 0. The van der Waals surface area contributed by atoms with E-state index in [2.05, 4.69) is 5.32 Å². The predicted molar refractivity (Wildman–Crippen MR) is 81.4 cm³/mol. The highest BCUT2D eigenvalue weighted by Gasteiger charge is 2.09. The van der Waals surface area contributed by atoms with Gasteiger partial charge in [0.15, 0.2) is 0 Å². The summed E-state index contributed by atoms with van der Waals surface area (Å²) < 4.78 is 4.92. The van der Waals surface area contributed by atoms with Crippen molar-refractivity contribution in [1.82, 2.24) is 0 Å². The molecule has 0 saturated carbocycles. The minimum atomic E-state index is -1.32. The van der Waals surface area contributed by atoms with Crippen molar-refractivity contribution in [2.45, 2.75) is 0 Å². The second kappa shape index (κ2) is 7.15. The van der Waals surface area contributed by atoms with E-state index >= 15 is 0 Å². The zero-order valence-electron chi connectivity index (χ0n) is 11.1. The Hall–Kier alpha value is -2.24. The SMILES string of the molecule is O=C([O-])COc1ccc(C(=O)Nc2cc(Cl)ccc2Cl)cc1. The van der Waals surface area contributed by atoms with Crippen molar-refractivity contribution >= 4 is 40.8 Å². The number of hydrogen-bond acceptors (Lipinski definition) is 4. The fourth-order valence-electron chi connectivity index (χ4n) is 1.63. The number of anilines is 1. The number of benzene rings is 2. The van der Waals surface area contributed by atoms with E-state index in [4.69, 9.17) is 27.9 Å². The van der Waals surface area contributed by atoms with E-state index in [0.717, 1.165) is 0 Å². The Labute approximate surface area is 136 Å². The second-order valence-corrected chi connectivity index (χ2v) is 5.11. The van der Waals surface area contributed by atoms with Gasteiger partial charge in [-0.3, -0.25) is 4.79 Å². The average Bonchev–Trinajstić information content (AvgIpc) is 2.49. The van der Waals surface area contributed by atoms with Crippen LogP contribution in [0, 0.1) is 0 Å². The van der Waals surface area contributed by atoms with Gasteiger partial charge in [-0.2, -0.15) is 0 Å². The molecule has 0 fully saturated rings. The Balaban J connectivity index is 2.06. The molecule has 0 aliphatic rings. The van der Waals surface area contributed by atoms with Gasteiger partial charge in [0.05, 0.1) is 16.7 Å². The van der Waals surface area contributed by atoms with Crippen molar-refractivity contribution in [3.05, 3.63) is 58.1 Å². The monoisotopic (exact) mass is 338 g/mol. The van der Waals surface area contributed by atoms with Crippen LogP contribution in [0.1, 0.15) is 10.4 Å². The van der Waals surface area contributed by atoms with Crippen LogP contribution in [-0.2, 0) is 4.79 Å². The molecule has 1 N–H and O–H groups in total. The molecule has 0 atom stereocenters. The summed E-state index contributed by atoms with van der Waals surface area (Å²) in [6.45, 7) is -0.552. The highest BCUT2D eigenvalue weighted by atomic mass is 35.5. The Bertz CT molecular complexity index is 701. The fourth-order valence-corrected chi connectivity index (χ4v) is 1.97. The highest BCUT2D eigenvalue weighted by molar-refractivity contribution is 6.35. The fraction of sp³-hybridized carbons (Fsp3) is 0.0667. The molecule has 0 aliphatic heterocycles. The van der Waals surface area contributed by atoms with Gasteiger partial charge in [-0.15, -0.1) is 0 Å². The van der Waals surface area contributed by atoms with Crippen molar-refractivity contribution in [3.8, 4) is 5.75 Å². The van der Waals surface area contributed by atoms with Gasteiger partial charge in [-0.05, 0) is 42.5 Å². The van der Waals surface area contributed by atoms with Crippen LogP contribution in [0.5, 0.6) is 5.75 Å². The number of nitrogens with one attached hydrogen (secondary N) is 1. The topological polar surface area (TPSA) is 78.5 Å². The van der Waals surface area contributed by atoms with Gasteiger partial charge in [0, 0.05) is 10.6 Å².